The fraction of sp³-hybridized carbons (Fsp3) is 0.250. The molecule has 2 N–H and O–H groups in total. The van der Waals surface area contributed by atoms with Gasteiger partial charge in [0.05, 0.1) is 12.2 Å². The average molecular weight is 278 g/mol. The Balaban J connectivity index is 2.10. The minimum Gasteiger partial charge on any atom is -0.344 e. The summed E-state index contributed by atoms with van der Waals surface area (Å²) in [7, 11) is 1.93. The van der Waals surface area contributed by atoms with Gasteiger partial charge in [0.25, 0.3) is 0 Å². The third kappa shape index (κ3) is 1.41. The Kier molecular flexibility index (Phi) is 2.33. The molecule has 1 aliphatic carbocycles. The van der Waals surface area contributed by atoms with Crippen molar-refractivity contribution in [2.75, 3.05) is 7.05 Å². The van der Waals surface area contributed by atoms with Crippen LogP contribution in [0, 0.1) is 0 Å². The Hall–Kier alpha value is -1.13. The van der Waals surface area contributed by atoms with Crippen LogP contribution >= 0.6 is 15.9 Å². The van der Waals surface area contributed by atoms with Gasteiger partial charge in [-0.15, -0.1) is 0 Å². The maximum Gasteiger partial charge on any atom is 0.121 e. The van der Waals surface area contributed by atoms with Gasteiger partial charge in [0.1, 0.15) is 5.82 Å². The molecular weight excluding hydrogens is 266 g/mol. The quantitative estimate of drug-likeness (QED) is 0.756. The first kappa shape index (κ1) is 10.1. The van der Waals surface area contributed by atoms with Gasteiger partial charge in [-0.3, -0.25) is 0 Å². The summed E-state index contributed by atoms with van der Waals surface area (Å²) >= 11 is 3.59. The van der Waals surface area contributed by atoms with Gasteiger partial charge in [0.2, 0.25) is 0 Å². The molecule has 0 spiro atoms. The van der Waals surface area contributed by atoms with Crippen molar-refractivity contribution in [2.45, 2.75) is 13.0 Å². The highest BCUT2D eigenvalue weighted by atomic mass is 79.9. The van der Waals surface area contributed by atoms with Crippen molar-refractivity contribution >= 4 is 15.9 Å². The molecule has 0 aliphatic heterocycles. The molecule has 0 bridgehead atoms. The van der Waals surface area contributed by atoms with Gasteiger partial charge in [-0.2, -0.15) is 0 Å². The van der Waals surface area contributed by atoms with Gasteiger partial charge >= 0.3 is 0 Å². The van der Waals surface area contributed by atoms with Gasteiger partial charge < -0.3 is 10.3 Å². The SMILES string of the molecule is CNCc1nc2c([nH]1)Cc1c(Br)cccc1-2. The van der Waals surface area contributed by atoms with Crippen LogP contribution in [0.25, 0.3) is 11.3 Å². The molecule has 0 saturated carbocycles. The van der Waals surface area contributed by atoms with E-state index in [-0.39, 0.29) is 0 Å². The number of halogens is 1. The van der Waals surface area contributed by atoms with Crippen LogP contribution in [0.15, 0.2) is 22.7 Å². The van der Waals surface area contributed by atoms with Crippen LogP contribution in [0.5, 0.6) is 0 Å². The number of aromatic amines is 1. The maximum absolute atomic E-state index is 4.62. The van der Waals surface area contributed by atoms with Crippen LogP contribution in [-0.4, -0.2) is 17.0 Å². The van der Waals surface area contributed by atoms with Gasteiger partial charge in [0, 0.05) is 22.2 Å². The Morgan fingerprint density at radius 3 is 3.19 bits per heavy atom. The molecular formula is C12H12BrN3. The smallest absolute Gasteiger partial charge is 0.121 e. The molecule has 0 atom stereocenters. The number of fused-ring (bicyclic) bond motifs is 3. The number of nitrogens with one attached hydrogen (secondary N) is 2. The fourth-order valence-electron chi connectivity index (χ4n) is 2.20. The predicted molar refractivity (Wildman–Crippen MR) is 67.3 cm³/mol. The molecule has 0 saturated heterocycles. The Bertz CT molecular complexity index is 545. The molecule has 82 valence electrons. The second-order valence-electron chi connectivity index (χ2n) is 3.98. The van der Waals surface area contributed by atoms with E-state index in [0.29, 0.717) is 0 Å². The summed E-state index contributed by atoms with van der Waals surface area (Å²) in [5.41, 5.74) is 4.93. The van der Waals surface area contributed by atoms with E-state index in [2.05, 4.69) is 49.4 Å². The standard InChI is InChI=1S/C12H12BrN3/c1-14-6-11-15-10-5-8-7(12(10)16-11)3-2-4-9(8)13/h2-4,14H,5-6H2,1H3,(H,15,16). The van der Waals surface area contributed by atoms with Crippen molar-refractivity contribution in [1.29, 1.82) is 0 Å². The van der Waals surface area contributed by atoms with E-state index in [1.54, 1.807) is 0 Å². The molecule has 3 rings (SSSR count). The molecule has 0 radical (unpaired) electrons. The third-order valence-corrected chi connectivity index (χ3v) is 3.64. The number of benzene rings is 1. The van der Waals surface area contributed by atoms with E-state index >= 15 is 0 Å². The van der Waals surface area contributed by atoms with Crippen molar-refractivity contribution < 1.29 is 0 Å². The first-order valence-corrected chi connectivity index (χ1v) is 6.09. The highest BCUT2D eigenvalue weighted by Gasteiger charge is 2.23. The zero-order valence-corrected chi connectivity index (χ0v) is 10.6. The lowest BCUT2D eigenvalue weighted by molar-refractivity contribution is 0.768. The van der Waals surface area contributed by atoms with Gasteiger partial charge in [-0.1, -0.05) is 28.1 Å². The first-order valence-electron chi connectivity index (χ1n) is 5.29. The zero-order chi connectivity index (χ0) is 11.1. The summed E-state index contributed by atoms with van der Waals surface area (Å²) in [4.78, 5) is 8.00. The van der Waals surface area contributed by atoms with E-state index < -0.39 is 0 Å². The van der Waals surface area contributed by atoms with Gasteiger partial charge in [-0.25, -0.2) is 4.98 Å². The number of nitrogens with zero attached hydrogens (tertiary/aromatic N) is 1. The zero-order valence-electron chi connectivity index (χ0n) is 8.97. The molecule has 0 unspecified atom stereocenters. The molecule has 0 fully saturated rings. The molecule has 2 aromatic rings. The molecule has 1 heterocycles. The molecule has 4 heteroatoms. The van der Waals surface area contributed by atoms with Gasteiger partial charge in [-0.05, 0) is 18.7 Å². The van der Waals surface area contributed by atoms with E-state index in [1.807, 2.05) is 7.05 Å². The van der Waals surface area contributed by atoms with Crippen LogP contribution in [0.3, 0.4) is 0 Å². The van der Waals surface area contributed by atoms with Crippen molar-refractivity contribution in [1.82, 2.24) is 15.3 Å². The van der Waals surface area contributed by atoms with Gasteiger partial charge in [0.15, 0.2) is 0 Å². The number of hydrogen-bond acceptors (Lipinski definition) is 2. The van der Waals surface area contributed by atoms with Crippen LogP contribution < -0.4 is 5.32 Å². The van der Waals surface area contributed by atoms with E-state index in [9.17, 15) is 0 Å². The lowest BCUT2D eigenvalue weighted by Crippen LogP contribution is -2.06. The average Bonchev–Trinajstić information content (AvgIpc) is 2.77. The van der Waals surface area contributed by atoms with E-state index in [0.717, 1.165) is 24.5 Å². The number of rotatable bonds is 2. The number of imidazole rings is 1. The van der Waals surface area contributed by atoms with Crippen LogP contribution in [0.4, 0.5) is 0 Å². The Morgan fingerprint density at radius 1 is 1.50 bits per heavy atom. The summed E-state index contributed by atoms with van der Waals surface area (Å²) < 4.78 is 1.17. The predicted octanol–water partition coefficient (Wildman–Crippen LogP) is 2.46. The Labute approximate surface area is 102 Å². The summed E-state index contributed by atoms with van der Waals surface area (Å²) in [6.07, 6.45) is 0.947. The second kappa shape index (κ2) is 3.71. The van der Waals surface area contributed by atoms with E-state index in [4.69, 9.17) is 0 Å². The van der Waals surface area contributed by atoms with E-state index in [1.165, 1.54) is 21.3 Å². The Morgan fingerprint density at radius 2 is 2.38 bits per heavy atom. The molecule has 3 nitrogen and oxygen atoms in total. The molecule has 1 aromatic carbocycles. The fourth-order valence-corrected chi connectivity index (χ4v) is 2.71. The first-order chi connectivity index (χ1) is 7.79. The number of H-pyrrole nitrogens is 1. The summed E-state index contributed by atoms with van der Waals surface area (Å²) in [6, 6.07) is 6.28. The second-order valence-corrected chi connectivity index (χ2v) is 4.84. The third-order valence-electron chi connectivity index (χ3n) is 2.90. The summed E-state index contributed by atoms with van der Waals surface area (Å²) in [6.45, 7) is 0.788. The van der Waals surface area contributed by atoms with Crippen molar-refractivity contribution in [2.24, 2.45) is 0 Å². The topological polar surface area (TPSA) is 40.7 Å². The molecule has 0 amide bonds. The number of aromatic nitrogens is 2. The number of hydrogen-bond donors (Lipinski definition) is 2. The minimum absolute atomic E-state index is 0.788. The monoisotopic (exact) mass is 277 g/mol. The van der Waals surface area contributed by atoms with Crippen LogP contribution in [-0.2, 0) is 13.0 Å². The summed E-state index contributed by atoms with van der Waals surface area (Å²) in [5.74, 6) is 1.01. The minimum atomic E-state index is 0.788. The lowest BCUT2D eigenvalue weighted by Gasteiger charge is -2.01. The normalized spacial score (nSPS) is 12.6. The molecule has 1 aliphatic rings. The highest BCUT2D eigenvalue weighted by molar-refractivity contribution is 9.10. The molecule has 1 aromatic heterocycles. The van der Waals surface area contributed by atoms with Crippen molar-refractivity contribution in [3.05, 3.63) is 39.8 Å². The van der Waals surface area contributed by atoms with Crippen molar-refractivity contribution in [3.63, 3.8) is 0 Å². The van der Waals surface area contributed by atoms with Crippen LogP contribution in [0.2, 0.25) is 0 Å². The summed E-state index contributed by atoms with van der Waals surface area (Å²) in [5, 5.41) is 3.11. The lowest BCUT2D eigenvalue weighted by atomic mass is 10.1. The van der Waals surface area contributed by atoms with Crippen LogP contribution in [0.1, 0.15) is 17.1 Å². The maximum atomic E-state index is 4.62. The van der Waals surface area contributed by atoms with Crippen molar-refractivity contribution in [3.8, 4) is 11.3 Å². The highest BCUT2D eigenvalue weighted by Crippen LogP contribution is 2.38. The largest absolute Gasteiger partial charge is 0.344 e. The molecule has 16 heavy (non-hydrogen) atoms.